The maximum atomic E-state index is 12.2. The molecule has 0 saturated heterocycles. The molecule has 2 N–H and O–H groups in total. The Bertz CT molecular complexity index is 969. The summed E-state index contributed by atoms with van der Waals surface area (Å²) < 4.78 is 0. The Morgan fingerprint density at radius 1 is 0.893 bits per heavy atom. The quantitative estimate of drug-likeness (QED) is 0.442. The summed E-state index contributed by atoms with van der Waals surface area (Å²) in [5, 5.41) is 7.87. The average molecular weight is 390 g/mol. The lowest BCUT2D eigenvalue weighted by atomic mass is 10.1. The number of amides is 1. The number of carbonyl (C=O) groups is 1. The van der Waals surface area contributed by atoms with Gasteiger partial charge in [0, 0.05) is 5.56 Å². The van der Waals surface area contributed by atoms with Gasteiger partial charge in [0.1, 0.15) is 0 Å². The summed E-state index contributed by atoms with van der Waals surface area (Å²) in [6.45, 7) is 0.0672. The molecular formula is C23H20ClN3O. The van der Waals surface area contributed by atoms with Crippen LogP contribution in [0.1, 0.15) is 11.1 Å². The second-order valence-electron chi connectivity index (χ2n) is 5.98. The van der Waals surface area contributed by atoms with Crippen LogP contribution >= 0.6 is 11.6 Å². The number of hydrogen-bond acceptors (Lipinski definition) is 3. The van der Waals surface area contributed by atoms with E-state index in [-0.39, 0.29) is 12.5 Å². The van der Waals surface area contributed by atoms with Crippen molar-refractivity contribution in [2.75, 3.05) is 11.9 Å². The highest BCUT2D eigenvalue weighted by Crippen LogP contribution is 2.19. The predicted octanol–water partition coefficient (Wildman–Crippen LogP) is 4.99. The first-order valence-corrected chi connectivity index (χ1v) is 9.23. The summed E-state index contributed by atoms with van der Waals surface area (Å²) in [6.07, 6.45) is 3.84. The highest BCUT2D eigenvalue weighted by molar-refractivity contribution is 6.33. The first kappa shape index (κ1) is 19.4. The van der Waals surface area contributed by atoms with Crippen molar-refractivity contribution >= 4 is 35.0 Å². The van der Waals surface area contributed by atoms with Crippen LogP contribution in [0.15, 0.2) is 96.1 Å². The maximum Gasteiger partial charge on any atom is 0.259 e. The van der Waals surface area contributed by atoms with E-state index in [0.29, 0.717) is 16.4 Å². The number of carbonyl (C=O) groups excluding carboxylic acids is 1. The van der Waals surface area contributed by atoms with Crippen LogP contribution < -0.4 is 10.7 Å². The van der Waals surface area contributed by atoms with Gasteiger partial charge in [-0.25, -0.2) is 5.43 Å². The zero-order valence-corrected chi connectivity index (χ0v) is 15.9. The molecule has 0 heterocycles. The van der Waals surface area contributed by atoms with Gasteiger partial charge in [-0.3, -0.25) is 4.79 Å². The molecule has 0 aliphatic heterocycles. The standard InChI is InChI=1S/C23H20ClN3O/c24-20-13-7-8-14-22(20)25-17-23(28)27-26-21(19-11-5-2-6-12-19)16-15-18-9-3-1-4-10-18/h1-16,25H,17H2,(H,27,28)/b16-15+,26-21-. The van der Waals surface area contributed by atoms with Gasteiger partial charge in [0.15, 0.2) is 0 Å². The van der Waals surface area contributed by atoms with Gasteiger partial charge in [0.25, 0.3) is 5.91 Å². The average Bonchev–Trinajstić information content (AvgIpc) is 2.74. The lowest BCUT2D eigenvalue weighted by molar-refractivity contribution is -0.119. The molecule has 3 aromatic carbocycles. The molecule has 0 aliphatic rings. The molecule has 0 saturated carbocycles. The van der Waals surface area contributed by atoms with Gasteiger partial charge in [0.2, 0.25) is 0 Å². The minimum atomic E-state index is -0.263. The van der Waals surface area contributed by atoms with E-state index in [1.807, 2.05) is 91.0 Å². The molecule has 0 bridgehead atoms. The maximum absolute atomic E-state index is 12.2. The third-order valence-corrected chi connectivity index (χ3v) is 4.25. The van der Waals surface area contributed by atoms with Gasteiger partial charge in [-0.1, -0.05) is 90.5 Å². The predicted molar refractivity (Wildman–Crippen MR) is 117 cm³/mol. The minimum Gasteiger partial charge on any atom is -0.375 e. The molecule has 1 amide bonds. The Kier molecular flexibility index (Phi) is 6.99. The van der Waals surface area contributed by atoms with E-state index < -0.39 is 0 Å². The molecule has 0 aromatic heterocycles. The lowest BCUT2D eigenvalue weighted by Crippen LogP contribution is -2.27. The van der Waals surface area contributed by atoms with Gasteiger partial charge >= 0.3 is 0 Å². The molecule has 0 unspecified atom stereocenters. The molecule has 0 atom stereocenters. The molecule has 0 aliphatic carbocycles. The van der Waals surface area contributed by atoms with E-state index in [9.17, 15) is 4.79 Å². The summed E-state index contributed by atoms with van der Waals surface area (Å²) >= 11 is 6.08. The zero-order valence-electron chi connectivity index (χ0n) is 15.2. The molecule has 3 rings (SSSR count). The van der Waals surface area contributed by atoms with Crippen molar-refractivity contribution in [1.82, 2.24) is 5.43 Å². The minimum absolute atomic E-state index is 0.0672. The molecule has 3 aromatic rings. The highest BCUT2D eigenvalue weighted by Gasteiger charge is 2.04. The van der Waals surface area contributed by atoms with Crippen molar-refractivity contribution in [2.45, 2.75) is 0 Å². The zero-order chi connectivity index (χ0) is 19.6. The third kappa shape index (κ3) is 5.83. The molecule has 0 radical (unpaired) electrons. The number of nitrogens with zero attached hydrogens (tertiary/aromatic N) is 1. The van der Waals surface area contributed by atoms with E-state index in [1.165, 1.54) is 0 Å². The number of para-hydroxylation sites is 1. The van der Waals surface area contributed by atoms with Crippen molar-refractivity contribution in [2.24, 2.45) is 5.10 Å². The Morgan fingerprint density at radius 3 is 2.25 bits per heavy atom. The van der Waals surface area contributed by atoms with E-state index in [0.717, 1.165) is 11.1 Å². The molecule has 28 heavy (non-hydrogen) atoms. The van der Waals surface area contributed by atoms with Crippen LogP contribution in [0.2, 0.25) is 5.02 Å². The van der Waals surface area contributed by atoms with Crippen LogP contribution in [0, 0.1) is 0 Å². The van der Waals surface area contributed by atoms with Crippen molar-refractivity contribution < 1.29 is 4.79 Å². The van der Waals surface area contributed by atoms with Crippen molar-refractivity contribution in [3.8, 4) is 0 Å². The Labute approximate surface area is 169 Å². The number of halogens is 1. The van der Waals surface area contributed by atoms with Crippen LogP contribution in [0.3, 0.4) is 0 Å². The Balaban J connectivity index is 1.69. The molecule has 5 heteroatoms. The van der Waals surface area contributed by atoms with Crippen LogP contribution in [-0.2, 0) is 4.79 Å². The fraction of sp³-hybridized carbons (Fsp3) is 0.0435. The second-order valence-corrected chi connectivity index (χ2v) is 6.38. The van der Waals surface area contributed by atoms with Gasteiger partial charge in [-0.15, -0.1) is 0 Å². The highest BCUT2D eigenvalue weighted by atomic mass is 35.5. The lowest BCUT2D eigenvalue weighted by Gasteiger charge is -2.08. The van der Waals surface area contributed by atoms with Crippen molar-refractivity contribution in [3.63, 3.8) is 0 Å². The Morgan fingerprint density at radius 2 is 1.54 bits per heavy atom. The fourth-order valence-corrected chi connectivity index (χ4v) is 2.69. The third-order valence-electron chi connectivity index (χ3n) is 3.92. The SMILES string of the molecule is O=C(CNc1ccccc1Cl)N/N=C(/C=C/c1ccccc1)c1ccccc1. The van der Waals surface area contributed by atoms with Crippen LogP contribution in [0.25, 0.3) is 6.08 Å². The van der Waals surface area contributed by atoms with Gasteiger partial charge in [0.05, 0.1) is 23.0 Å². The summed E-state index contributed by atoms with van der Waals surface area (Å²) in [6, 6.07) is 26.9. The molecule has 140 valence electrons. The molecule has 4 nitrogen and oxygen atoms in total. The van der Waals surface area contributed by atoms with Gasteiger partial charge < -0.3 is 5.32 Å². The fourth-order valence-electron chi connectivity index (χ4n) is 2.49. The molecule has 0 fully saturated rings. The Hall–Kier alpha value is -3.37. The van der Waals surface area contributed by atoms with E-state index in [1.54, 1.807) is 6.07 Å². The first-order chi connectivity index (χ1) is 13.7. The summed E-state index contributed by atoms with van der Waals surface area (Å²) in [5.41, 5.74) is 5.93. The number of anilines is 1. The summed E-state index contributed by atoms with van der Waals surface area (Å²) in [4.78, 5) is 12.2. The van der Waals surface area contributed by atoms with E-state index in [4.69, 9.17) is 11.6 Å². The number of hydrazone groups is 1. The van der Waals surface area contributed by atoms with E-state index in [2.05, 4.69) is 15.8 Å². The largest absolute Gasteiger partial charge is 0.375 e. The number of hydrogen-bond donors (Lipinski definition) is 2. The van der Waals surface area contributed by atoms with Crippen LogP contribution in [0.5, 0.6) is 0 Å². The van der Waals surface area contributed by atoms with Crippen LogP contribution in [0.4, 0.5) is 5.69 Å². The molecular weight excluding hydrogens is 370 g/mol. The van der Waals surface area contributed by atoms with Crippen molar-refractivity contribution in [3.05, 3.63) is 107 Å². The topological polar surface area (TPSA) is 53.5 Å². The normalized spacial score (nSPS) is 11.4. The number of allylic oxidation sites excluding steroid dienone is 1. The van der Waals surface area contributed by atoms with Crippen molar-refractivity contribution in [1.29, 1.82) is 0 Å². The van der Waals surface area contributed by atoms with Gasteiger partial charge in [-0.2, -0.15) is 5.10 Å². The number of benzene rings is 3. The summed E-state index contributed by atoms with van der Waals surface area (Å²) in [7, 11) is 0. The first-order valence-electron chi connectivity index (χ1n) is 8.86. The van der Waals surface area contributed by atoms with Crippen LogP contribution in [-0.4, -0.2) is 18.2 Å². The monoisotopic (exact) mass is 389 g/mol. The van der Waals surface area contributed by atoms with E-state index >= 15 is 0 Å². The number of rotatable bonds is 7. The summed E-state index contributed by atoms with van der Waals surface area (Å²) in [5.74, 6) is -0.263. The second kappa shape index (κ2) is 10.1. The van der Waals surface area contributed by atoms with Gasteiger partial charge in [-0.05, 0) is 23.8 Å². The molecule has 0 spiro atoms. The number of nitrogens with one attached hydrogen (secondary N) is 2. The smallest absolute Gasteiger partial charge is 0.259 e.